The Labute approximate surface area is 170 Å². The maximum absolute atomic E-state index is 12.8. The summed E-state index contributed by atoms with van der Waals surface area (Å²) >= 11 is 6.02. The van der Waals surface area contributed by atoms with E-state index >= 15 is 0 Å². The van der Waals surface area contributed by atoms with Gasteiger partial charge >= 0.3 is 0 Å². The quantitative estimate of drug-likeness (QED) is 0.587. The first-order chi connectivity index (χ1) is 13.5. The van der Waals surface area contributed by atoms with E-state index in [1.165, 1.54) is 0 Å². The van der Waals surface area contributed by atoms with Crippen LogP contribution >= 0.6 is 11.6 Å². The summed E-state index contributed by atoms with van der Waals surface area (Å²) in [7, 11) is 4.04. The molecule has 1 N–H and O–H groups in total. The second-order valence-corrected chi connectivity index (χ2v) is 7.43. The number of carbonyl (C=O) groups is 1. The van der Waals surface area contributed by atoms with Crippen molar-refractivity contribution in [3.05, 3.63) is 76.9 Å². The van der Waals surface area contributed by atoms with Crippen LogP contribution in [0.15, 0.2) is 60.8 Å². The van der Waals surface area contributed by atoms with Gasteiger partial charge in [0.05, 0.1) is 12.1 Å². The van der Waals surface area contributed by atoms with E-state index in [2.05, 4.69) is 15.3 Å². The van der Waals surface area contributed by atoms with Crippen molar-refractivity contribution in [1.82, 2.24) is 20.0 Å². The van der Waals surface area contributed by atoms with Gasteiger partial charge in [0.15, 0.2) is 0 Å². The monoisotopic (exact) mass is 396 g/mol. The SMILES string of the molecule is CN(C)CCCNC(=O)c1cn(Cc2ccccc2)nc1-c1ccc(Cl)cc1. The molecule has 0 aliphatic heterocycles. The van der Waals surface area contributed by atoms with Gasteiger partial charge in [-0.3, -0.25) is 9.48 Å². The average molecular weight is 397 g/mol. The number of nitrogens with one attached hydrogen (secondary N) is 1. The largest absolute Gasteiger partial charge is 0.352 e. The molecule has 6 heteroatoms. The summed E-state index contributed by atoms with van der Waals surface area (Å²) in [6, 6.07) is 17.5. The van der Waals surface area contributed by atoms with Crippen molar-refractivity contribution < 1.29 is 4.79 Å². The lowest BCUT2D eigenvalue weighted by Crippen LogP contribution is -2.27. The molecule has 0 saturated carbocycles. The maximum atomic E-state index is 12.8. The van der Waals surface area contributed by atoms with Crippen molar-refractivity contribution in [2.24, 2.45) is 0 Å². The molecule has 0 spiro atoms. The fourth-order valence-corrected chi connectivity index (χ4v) is 3.08. The summed E-state index contributed by atoms with van der Waals surface area (Å²) in [5, 5.41) is 8.35. The van der Waals surface area contributed by atoms with Crippen LogP contribution in [-0.2, 0) is 6.54 Å². The molecular weight excluding hydrogens is 372 g/mol. The molecule has 146 valence electrons. The number of carbonyl (C=O) groups excluding carboxylic acids is 1. The molecule has 3 rings (SSSR count). The Morgan fingerprint density at radius 3 is 2.50 bits per heavy atom. The molecule has 0 unspecified atom stereocenters. The summed E-state index contributed by atoms with van der Waals surface area (Å²) in [4.78, 5) is 14.9. The number of benzene rings is 2. The molecule has 0 fully saturated rings. The van der Waals surface area contributed by atoms with E-state index in [1.807, 2.05) is 79.6 Å². The highest BCUT2D eigenvalue weighted by atomic mass is 35.5. The first-order valence-electron chi connectivity index (χ1n) is 9.33. The Bertz CT molecular complexity index is 904. The summed E-state index contributed by atoms with van der Waals surface area (Å²) < 4.78 is 1.81. The van der Waals surface area contributed by atoms with Gasteiger partial charge in [0.25, 0.3) is 5.91 Å². The van der Waals surface area contributed by atoms with Crippen molar-refractivity contribution in [2.75, 3.05) is 27.2 Å². The van der Waals surface area contributed by atoms with Crippen LogP contribution < -0.4 is 5.32 Å². The van der Waals surface area contributed by atoms with Gasteiger partial charge < -0.3 is 10.2 Å². The van der Waals surface area contributed by atoms with Crippen LogP contribution in [-0.4, -0.2) is 47.8 Å². The highest BCUT2D eigenvalue weighted by Gasteiger charge is 2.18. The molecule has 0 radical (unpaired) electrons. The van der Waals surface area contributed by atoms with E-state index < -0.39 is 0 Å². The molecule has 5 nitrogen and oxygen atoms in total. The Balaban J connectivity index is 1.83. The van der Waals surface area contributed by atoms with Crippen LogP contribution in [0.5, 0.6) is 0 Å². The van der Waals surface area contributed by atoms with Gasteiger partial charge in [-0.15, -0.1) is 0 Å². The lowest BCUT2D eigenvalue weighted by Gasteiger charge is -2.10. The molecule has 1 amide bonds. The Kier molecular flexibility index (Phi) is 6.85. The zero-order valence-corrected chi connectivity index (χ0v) is 17.0. The smallest absolute Gasteiger partial charge is 0.255 e. The molecule has 0 saturated heterocycles. The number of amides is 1. The standard InChI is InChI=1S/C22H25ClN4O/c1-26(2)14-6-13-24-22(28)20-16-27(15-17-7-4-3-5-8-17)25-21(20)18-9-11-19(23)12-10-18/h3-5,7-12,16H,6,13-15H2,1-2H3,(H,24,28). The second kappa shape index (κ2) is 9.53. The van der Waals surface area contributed by atoms with E-state index in [9.17, 15) is 4.79 Å². The number of hydrogen-bond acceptors (Lipinski definition) is 3. The average Bonchev–Trinajstić information content (AvgIpc) is 3.10. The summed E-state index contributed by atoms with van der Waals surface area (Å²) in [5.74, 6) is -0.108. The van der Waals surface area contributed by atoms with Crippen LogP contribution in [0.1, 0.15) is 22.3 Å². The van der Waals surface area contributed by atoms with E-state index in [0.29, 0.717) is 29.4 Å². The van der Waals surface area contributed by atoms with Gasteiger partial charge in [-0.05, 0) is 44.8 Å². The highest BCUT2D eigenvalue weighted by Crippen LogP contribution is 2.24. The zero-order chi connectivity index (χ0) is 19.9. The van der Waals surface area contributed by atoms with E-state index in [1.54, 1.807) is 0 Å². The topological polar surface area (TPSA) is 50.2 Å². The van der Waals surface area contributed by atoms with Gasteiger partial charge in [0, 0.05) is 23.3 Å². The van der Waals surface area contributed by atoms with Gasteiger partial charge in [-0.25, -0.2) is 0 Å². The van der Waals surface area contributed by atoms with Crippen molar-refractivity contribution in [3.8, 4) is 11.3 Å². The van der Waals surface area contributed by atoms with Gasteiger partial charge in [0.2, 0.25) is 0 Å². The lowest BCUT2D eigenvalue weighted by molar-refractivity contribution is 0.0953. The summed E-state index contributed by atoms with van der Waals surface area (Å²) in [5.41, 5.74) is 3.24. The number of halogens is 1. The summed E-state index contributed by atoms with van der Waals surface area (Å²) in [6.07, 6.45) is 2.71. The van der Waals surface area contributed by atoms with Crippen molar-refractivity contribution >= 4 is 17.5 Å². The van der Waals surface area contributed by atoms with Crippen molar-refractivity contribution in [2.45, 2.75) is 13.0 Å². The number of nitrogens with zero attached hydrogens (tertiary/aromatic N) is 3. The molecule has 0 aliphatic carbocycles. The molecule has 0 aliphatic rings. The van der Waals surface area contributed by atoms with Crippen molar-refractivity contribution in [1.29, 1.82) is 0 Å². The zero-order valence-electron chi connectivity index (χ0n) is 16.2. The summed E-state index contributed by atoms with van der Waals surface area (Å²) in [6.45, 7) is 2.16. The number of hydrogen-bond donors (Lipinski definition) is 1. The third-order valence-corrected chi connectivity index (χ3v) is 4.63. The molecule has 1 aromatic heterocycles. The van der Waals surface area contributed by atoms with E-state index in [0.717, 1.165) is 24.1 Å². The lowest BCUT2D eigenvalue weighted by atomic mass is 10.1. The van der Waals surface area contributed by atoms with Crippen LogP contribution in [0.3, 0.4) is 0 Å². The second-order valence-electron chi connectivity index (χ2n) is 6.99. The molecule has 3 aromatic rings. The number of aromatic nitrogens is 2. The third kappa shape index (κ3) is 5.44. The fraction of sp³-hybridized carbons (Fsp3) is 0.273. The van der Waals surface area contributed by atoms with E-state index in [-0.39, 0.29) is 5.91 Å². The third-order valence-electron chi connectivity index (χ3n) is 4.38. The van der Waals surface area contributed by atoms with Crippen LogP contribution in [0.4, 0.5) is 0 Å². The Hall–Kier alpha value is -2.63. The van der Waals surface area contributed by atoms with Gasteiger partial charge in [0.1, 0.15) is 5.69 Å². The molecule has 28 heavy (non-hydrogen) atoms. The molecular formula is C22H25ClN4O. The normalized spacial score (nSPS) is 11.0. The maximum Gasteiger partial charge on any atom is 0.255 e. The van der Waals surface area contributed by atoms with Gasteiger partial charge in [-0.2, -0.15) is 5.10 Å². The Morgan fingerprint density at radius 2 is 1.82 bits per heavy atom. The molecule has 1 heterocycles. The predicted molar refractivity (Wildman–Crippen MR) is 114 cm³/mol. The predicted octanol–water partition coefficient (Wildman–Crippen LogP) is 3.93. The highest BCUT2D eigenvalue weighted by molar-refractivity contribution is 6.30. The van der Waals surface area contributed by atoms with Crippen LogP contribution in [0, 0.1) is 0 Å². The number of rotatable bonds is 8. The minimum atomic E-state index is -0.108. The van der Waals surface area contributed by atoms with Crippen LogP contribution in [0.2, 0.25) is 5.02 Å². The van der Waals surface area contributed by atoms with Crippen molar-refractivity contribution in [3.63, 3.8) is 0 Å². The first-order valence-corrected chi connectivity index (χ1v) is 9.71. The van der Waals surface area contributed by atoms with Gasteiger partial charge in [-0.1, -0.05) is 54.1 Å². The fourth-order valence-electron chi connectivity index (χ4n) is 2.95. The molecule has 0 bridgehead atoms. The Morgan fingerprint density at radius 1 is 1.11 bits per heavy atom. The van der Waals surface area contributed by atoms with E-state index in [4.69, 9.17) is 11.6 Å². The minimum Gasteiger partial charge on any atom is -0.352 e. The first kappa shape index (κ1) is 20.1. The van der Waals surface area contributed by atoms with Crippen LogP contribution in [0.25, 0.3) is 11.3 Å². The minimum absolute atomic E-state index is 0.108. The molecule has 2 aromatic carbocycles. The molecule has 0 atom stereocenters.